The van der Waals surface area contributed by atoms with Gasteiger partial charge in [-0.05, 0) is 24.2 Å². The number of fused-ring (bicyclic) bond motifs is 1. The molecule has 3 rings (SSSR count). The van der Waals surface area contributed by atoms with E-state index in [-0.39, 0.29) is 29.5 Å². The van der Waals surface area contributed by atoms with Gasteiger partial charge in [-0.1, -0.05) is 47.0 Å². The molecule has 0 aromatic heterocycles. The number of aliphatic imine (C=N–C) groups is 2. The Morgan fingerprint density at radius 2 is 1.70 bits per heavy atom. The zero-order chi connectivity index (χ0) is 24.6. The molecule has 0 aromatic carbocycles. The molecule has 0 aliphatic carbocycles. The molecule has 0 spiro atoms. The van der Waals surface area contributed by atoms with Crippen molar-refractivity contribution in [2.24, 2.45) is 9.98 Å². The molecule has 3 aliphatic heterocycles. The summed E-state index contributed by atoms with van der Waals surface area (Å²) >= 11 is 0. The van der Waals surface area contributed by atoms with Gasteiger partial charge in [-0.3, -0.25) is 9.89 Å². The van der Waals surface area contributed by atoms with Crippen molar-refractivity contribution in [1.29, 1.82) is 0 Å². The van der Waals surface area contributed by atoms with Gasteiger partial charge < -0.3 is 23.4 Å². The number of hydrogen-bond donors (Lipinski definition) is 0. The number of ether oxygens (including phenoxy) is 4. The second kappa shape index (κ2) is 9.90. The van der Waals surface area contributed by atoms with Crippen molar-refractivity contribution in [3.8, 4) is 0 Å². The van der Waals surface area contributed by atoms with E-state index >= 15 is 0 Å². The Bertz CT molecular complexity index is 788. The minimum atomic E-state index is -1.93. The van der Waals surface area contributed by atoms with Crippen molar-refractivity contribution in [2.75, 3.05) is 33.6 Å². The highest BCUT2D eigenvalue weighted by Crippen LogP contribution is 2.40. The van der Waals surface area contributed by atoms with Gasteiger partial charge in [0, 0.05) is 21.7 Å². The van der Waals surface area contributed by atoms with Crippen LogP contribution in [0.25, 0.3) is 0 Å². The average molecular weight is 498 g/mol. The van der Waals surface area contributed by atoms with Crippen LogP contribution in [0.3, 0.4) is 0 Å². The standard InChI is InChI=1S/C23H43N3O5Si2/c1-16-21(24-5)25-22(26(16)15-27-11-12-32(6,7)8)30-17-13-28-20-18(14-29-19(17)20)31-33(9,10)23(2,3)4/h17-20H,1,11-15H2,2-10H3/b24-21+/t17-,18?,19-,20-/m1/s1. The number of rotatable bonds is 8. The maximum Gasteiger partial charge on any atom is 0.301 e. The highest BCUT2D eigenvalue weighted by molar-refractivity contribution is 6.76. The first-order valence-electron chi connectivity index (χ1n) is 11.9. The van der Waals surface area contributed by atoms with Crippen molar-refractivity contribution < 1.29 is 23.4 Å². The van der Waals surface area contributed by atoms with Crippen LogP contribution < -0.4 is 0 Å². The number of amidine groups is 2. The lowest BCUT2D eigenvalue weighted by molar-refractivity contribution is 0.000665. The molecule has 0 radical (unpaired) electrons. The van der Waals surface area contributed by atoms with Crippen molar-refractivity contribution in [3.05, 3.63) is 12.3 Å². The third-order valence-electron chi connectivity index (χ3n) is 6.92. The molecule has 33 heavy (non-hydrogen) atoms. The first kappa shape index (κ1) is 26.6. The highest BCUT2D eigenvalue weighted by atomic mass is 28.4. The Labute approximate surface area is 201 Å². The van der Waals surface area contributed by atoms with Crippen LogP contribution in [-0.2, 0) is 23.4 Å². The molecule has 0 N–H and O–H groups in total. The lowest BCUT2D eigenvalue weighted by Crippen LogP contribution is -2.47. The molecule has 2 fully saturated rings. The molecule has 0 saturated carbocycles. The first-order valence-corrected chi connectivity index (χ1v) is 18.5. The molecular weight excluding hydrogens is 454 g/mol. The van der Waals surface area contributed by atoms with Crippen molar-refractivity contribution in [3.63, 3.8) is 0 Å². The van der Waals surface area contributed by atoms with Gasteiger partial charge in [0.1, 0.15) is 18.9 Å². The fourth-order valence-corrected chi connectivity index (χ4v) is 5.78. The van der Waals surface area contributed by atoms with Crippen LogP contribution >= 0.6 is 0 Å². The summed E-state index contributed by atoms with van der Waals surface area (Å²) in [4.78, 5) is 10.6. The maximum absolute atomic E-state index is 6.60. The molecule has 0 amide bonds. The van der Waals surface area contributed by atoms with E-state index in [2.05, 4.69) is 70.1 Å². The topological polar surface area (TPSA) is 74.1 Å². The van der Waals surface area contributed by atoms with Gasteiger partial charge in [0.15, 0.2) is 20.3 Å². The minimum absolute atomic E-state index is 0.0706. The first-order chi connectivity index (χ1) is 15.2. The van der Waals surface area contributed by atoms with Crippen LogP contribution in [0.5, 0.6) is 0 Å². The van der Waals surface area contributed by atoms with Gasteiger partial charge in [-0.25, -0.2) is 0 Å². The van der Waals surface area contributed by atoms with E-state index < -0.39 is 16.4 Å². The van der Waals surface area contributed by atoms with E-state index in [0.717, 1.165) is 6.04 Å². The van der Waals surface area contributed by atoms with Crippen LogP contribution in [-0.4, -0.2) is 91.2 Å². The fraction of sp³-hybridized carbons (Fsp3) is 0.826. The summed E-state index contributed by atoms with van der Waals surface area (Å²) in [5, 5.41) is 0.129. The third-order valence-corrected chi connectivity index (χ3v) is 13.1. The third kappa shape index (κ3) is 6.15. The lowest BCUT2D eigenvalue weighted by atomic mass is 10.1. The Balaban J connectivity index is 1.62. The Morgan fingerprint density at radius 1 is 1.09 bits per heavy atom. The molecule has 4 atom stereocenters. The summed E-state index contributed by atoms with van der Waals surface area (Å²) in [5.41, 5.74) is 0.683. The quantitative estimate of drug-likeness (QED) is 0.371. The molecule has 8 nitrogen and oxygen atoms in total. The summed E-state index contributed by atoms with van der Waals surface area (Å²) < 4.78 is 31.1. The summed E-state index contributed by atoms with van der Waals surface area (Å²) in [6, 6.07) is 1.54. The molecule has 10 heteroatoms. The number of hydrogen-bond acceptors (Lipinski definition) is 7. The molecule has 3 aliphatic rings. The SMILES string of the molecule is C=C1/C(=N\C)N=C(O[C@@H]2CO[C@@H]3C(O[Si](C)(C)C(C)(C)C)CO[C@@H]32)N1COCC[Si](C)(C)C. The van der Waals surface area contributed by atoms with Gasteiger partial charge in [-0.2, -0.15) is 4.99 Å². The van der Waals surface area contributed by atoms with Gasteiger partial charge in [-0.15, -0.1) is 0 Å². The average Bonchev–Trinajstić information content (AvgIpc) is 3.34. The predicted octanol–water partition coefficient (Wildman–Crippen LogP) is 4.09. The molecule has 0 bridgehead atoms. The Morgan fingerprint density at radius 3 is 2.27 bits per heavy atom. The lowest BCUT2D eigenvalue weighted by Gasteiger charge is -2.39. The number of nitrogens with zero attached hydrogens (tertiary/aromatic N) is 3. The van der Waals surface area contributed by atoms with Crippen molar-refractivity contribution >= 4 is 28.2 Å². The van der Waals surface area contributed by atoms with Gasteiger partial charge in [0.25, 0.3) is 0 Å². The molecule has 3 heterocycles. The van der Waals surface area contributed by atoms with Crippen LogP contribution in [0.1, 0.15) is 20.8 Å². The fourth-order valence-electron chi connectivity index (χ4n) is 3.71. The van der Waals surface area contributed by atoms with E-state index in [9.17, 15) is 0 Å². The second-order valence-corrected chi connectivity index (χ2v) is 22.2. The van der Waals surface area contributed by atoms with E-state index in [1.54, 1.807) is 7.05 Å². The zero-order valence-electron chi connectivity index (χ0n) is 21.9. The second-order valence-electron chi connectivity index (χ2n) is 11.8. The van der Waals surface area contributed by atoms with E-state index in [0.29, 0.717) is 44.1 Å². The van der Waals surface area contributed by atoms with Crippen LogP contribution in [0, 0.1) is 0 Å². The minimum Gasteiger partial charge on any atom is -0.456 e. The molecule has 188 valence electrons. The van der Waals surface area contributed by atoms with Crippen LogP contribution in [0.15, 0.2) is 22.3 Å². The highest BCUT2D eigenvalue weighted by Gasteiger charge is 2.53. The summed E-state index contributed by atoms with van der Waals surface area (Å²) in [7, 11) is -1.39. The monoisotopic (exact) mass is 497 g/mol. The maximum atomic E-state index is 6.60. The zero-order valence-corrected chi connectivity index (χ0v) is 23.9. The normalized spacial score (nSPS) is 29.7. The van der Waals surface area contributed by atoms with Crippen molar-refractivity contribution in [1.82, 2.24) is 4.90 Å². The summed E-state index contributed by atoms with van der Waals surface area (Å²) in [5.74, 6) is 0.556. The summed E-state index contributed by atoms with van der Waals surface area (Å²) in [6.07, 6.45) is -0.655. The Kier molecular flexibility index (Phi) is 7.97. The van der Waals surface area contributed by atoms with Gasteiger partial charge in [0.05, 0.1) is 25.0 Å². The van der Waals surface area contributed by atoms with Crippen molar-refractivity contribution in [2.45, 2.75) is 89.0 Å². The molecule has 0 aromatic rings. The van der Waals surface area contributed by atoms with E-state index in [1.807, 2.05) is 4.90 Å². The van der Waals surface area contributed by atoms with E-state index in [1.165, 1.54) is 0 Å². The van der Waals surface area contributed by atoms with Crippen LogP contribution in [0.2, 0.25) is 43.8 Å². The largest absolute Gasteiger partial charge is 0.456 e. The molecule has 1 unspecified atom stereocenters. The van der Waals surface area contributed by atoms with Gasteiger partial charge in [0.2, 0.25) is 0 Å². The summed E-state index contributed by atoms with van der Waals surface area (Å²) in [6.45, 7) is 24.4. The van der Waals surface area contributed by atoms with E-state index in [4.69, 9.17) is 23.4 Å². The smallest absolute Gasteiger partial charge is 0.301 e. The molecule has 2 saturated heterocycles. The molecular formula is C23H43N3O5Si2. The Hall–Kier alpha value is -1.05. The predicted molar refractivity (Wildman–Crippen MR) is 137 cm³/mol. The van der Waals surface area contributed by atoms with Gasteiger partial charge >= 0.3 is 6.02 Å². The van der Waals surface area contributed by atoms with Crippen LogP contribution in [0.4, 0.5) is 0 Å².